The van der Waals surface area contributed by atoms with Crippen LogP contribution >= 0.6 is 0 Å². The number of hydrazine groups is 1. The van der Waals surface area contributed by atoms with Crippen molar-refractivity contribution in [3.8, 4) is 22.3 Å². The second kappa shape index (κ2) is 9.17. The molecule has 4 rings (SSSR count). The van der Waals surface area contributed by atoms with E-state index in [1.54, 1.807) is 36.4 Å². The molecular weight excluding hydrogens is 440 g/mol. The van der Waals surface area contributed by atoms with E-state index in [1.165, 1.54) is 36.8 Å². The number of furan rings is 2. The van der Waals surface area contributed by atoms with Crippen LogP contribution in [0.1, 0.15) is 41.8 Å². The molecule has 2 aromatic heterocycles. The first kappa shape index (κ1) is 22.1. The maximum absolute atomic E-state index is 12.9. The number of carbonyl (C=O) groups excluding carboxylic acids is 4. The highest BCUT2D eigenvalue weighted by Gasteiger charge is 2.22. The molecule has 0 unspecified atom stereocenters. The van der Waals surface area contributed by atoms with Gasteiger partial charge in [-0.1, -0.05) is 36.4 Å². The zero-order valence-electron chi connectivity index (χ0n) is 17.5. The SMILES string of the molecule is NC(=O)c1occc1-c1ccccc1C(=O)NNC(=O)c1ccccc1-c1ccoc1C(N)=O. The molecule has 0 atom stereocenters. The van der Waals surface area contributed by atoms with Gasteiger partial charge in [-0.3, -0.25) is 30.0 Å². The van der Waals surface area contributed by atoms with Gasteiger partial charge >= 0.3 is 0 Å². The Hall–Kier alpha value is -5.12. The Labute approximate surface area is 192 Å². The standard InChI is InChI=1S/C24H18N4O6/c25-21(29)19-15(9-11-33-19)13-5-1-3-7-17(13)23(31)27-28-24(32)18-8-4-2-6-14(18)16-10-12-34-20(16)22(26)30/h1-12H,(H2,25,29)(H2,26,30)(H,27,31)(H,28,32). The normalized spacial score (nSPS) is 10.5. The molecule has 10 nitrogen and oxygen atoms in total. The van der Waals surface area contributed by atoms with Gasteiger partial charge in [0.25, 0.3) is 23.6 Å². The van der Waals surface area contributed by atoms with Crippen molar-refractivity contribution in [1.82, 2.24) is 10.9 Å². The van der Waals surface area contributed by atoms with Crippen LogP contribution in [0.3, 0.4) is 0 Å². The van der Waals surface area contributed by atoms with E-state index in [9.17, 15) is 19.2 Å². The summed E-state index contributed by atoms with van der Waals surface area (Å²) in [5.41, 5.74) is 17.2. The van der Waals surface area contributed by atoms with Crippen molar-refractivity contribution in [3.05, 3.63) is 95.8 Å². The summed E-state index contributed by atoms with van der Waals surface area (Å²) in [4.78, 5) is 49.1. The molecule has 2 aromatic carbocycles. The summed E-state index contributed by atoms with van der Waals surface area (Å²) in [5, 5.41) is 0. The van der Waals surface area contributed by atoms with Gasteiger partial charge in [0.2, 0.25) is 0 Å². The molecule has 34 heavy (non-hydrogen) atoms. The van der Waals surface area contributed by atoms with Crippen LogP contribution in [0.25, 0.3) is 22.3 Å². The summed E-state index contributed by atoms with van der Waals surface area (Å²) in [6.07, 6.45) is 2.58. The lowest BCUT2D eigenvalue weighted by atomic mass is 9.99. The number of hydrogen-bond acceptors (Lipinski definition) is 6. The predicted octanol–water partition coefficient (Wildman–Crippen LogP) is 2.48. The number of amides is 4. The molecule has 0 aliphatic heterocycles. The lowest BCUT2D eigenvalue weighted by molar-refractivity contribution is 0.0847. The molecule has 0 fully saturated rings. The van der Waals surface area contributed by atoms with Gasteiger partial charge in [-0.15, -0.1) is 0 Å². The number of nitrogens with two attached hydrogens (primary N) is 2. The molecular formula is C24H18N4O6. The molecule has 4 aromatic rings. The molecule has 6 N–H and O–H groups in total. The highest BCUT2D eigenvalue weighted by Crippen LogP contribution is 2.29. The third-order valence-electron chi connectivity index (χ3n) is 4.99. The van der Waals surface area contributed by atoms with Crippen LogP contribution in [0, 0.1) is 0 Å². The van der Waals surface area contributed by atoms with Gasteiger partial charge in [0, 0.05) is 22.3 Å². The zero-order valence-corrected chi connectivity index (χ0v) is 17.5. The van der Waals surface area contributed by atoms with Gasteiger partial charge in [0.05, 0.1) is 12.5 Å². The Kier molecular flexibility index (Phi) is 5.95. The van der Waals surface area contributed by atoms with Crippen LogP contribution in [-0.2, 0) is 0 Å². The molecule has 0 saturated carbocycles. The molecule has 0 spiro atoms. The van der Waals surface area contributed by atoms with Crippen molar-refractivity contribution >= 4 is 23.6 Å². The fourth-order valence-electron chi connectivity index (χ4n) is 3.50. The van der Waals surface area contributed by atoms with Crippen LogP contribution in [0.15, 0.2) is 82.0 Å². The largest absolute Gasteiger partial charge is 0.459 e. The summed E-state index contributed by atoms with van der Waals surface area (Å²) < 4.78 is 10.3. The minimum atomic E-state index is -0.783. The summed E-state index contributed by atoms with van der Waals surface area (Å²) in [6, 6.07) is 15.9. The molecule has 0 aliphatic rings. The van der Waals surface area contributed by atoms with Crippen molar-refractivity contribution in [2.75, 3.05) is 0 Å². The molecule has 0 bridgehead atoms. The van der Waals surface area contributed by atoms with Crippen molar-refractivity contribution in [2.24, 2.45) is 11.5 Å². The fourth-order valence-corrected chi connectivity index (χ4v) is 3.50. The summed E-state index contributed by atoms with van der Waals surface area (Å²) in [5.74, 6) is -3.03. The summed E-state index contributed by atoms with van der Waals surface area (Å²) in [6.45, 7) is 0. The van der Waals surface area contributed by atoms with E-state index in [1.807, 2.05) is 0 Å². The van der Waals surface area contributed by atoms with Gasteiger partial charge in [-0.2, -0.15) is 0 Å². The fraction of sp³-hybridized carbons (Fsp3) is 0. The number of rotatable bonds is 6. The van der Waals surface area contributed by atoms with Crippen molar-refractivity contribution in [2.45, 2.75) is 0 Å². The van der Waals surface area contributed by atoms with Gasteiger partial charge in [0.1, 0.15) is 0 Å². The molecule has 10 heteroatoms. The maximum Gasteiger partial charge on any atom is 0.285 e. The van der Waals surface area contributed by atoms with E-state index >= 15 is 0 Å². The van der Waals surface area contributed by atoms with Crippen LogP contribution < -0.4 is 22.3 Å². The van der Waals surface area contributed by atoms with E-state index < -0.39 is 23.6 Å². The van der Waals surface area contributed by atoms with Gasteiger partial charge in [-0.05, 0) is 35.4 Å². The second-order valence-electron chi connectivity index (χ2n) is 7.05. The number of benzene rings is 2. The molecule has 0 saturated heterocycles. The molecule has 2 heterocycles. The van der Waals surface area contributed by atoms with Gasteiger partial charge in [0.15, 0.2) is 11.5 Å². The summed E-state index contributed by atoms with van der Waals surface area (Å²) in [7, 11) is 0. The number of nitrogens with one attached hydrogen (secondary N) is 2. The number of primary amides is 2. The zero-order chi connectivity index (χ0) is 24.2. The first-order chi connectivity index (χ1) is 16.4. The lowest BCUT2D eigenvalue weighted by Gasteiger charge is -2.13. The Morgan fingerprint density at radius 2 is 0.941 bits per heavy atom. The molecule has 0 aliphatic carbocycles. The lowest BCUT2D eigenvalue weighted by Crippen LogP contribution is -2.42. The van der Waals surface area contributed by atoms with Crippen LogP contribution in [0.2, 0.25) is 0 Å². The van der Waals surface area contributed by atoms with E-state index in [2.05, 4.69) is 10.9 Å². The number of hydrogen-bond donors (Lipinski definition) is 4. The summed E-state index contributed by atoms with van der Waals surface area (Å²) >= 11 is 0. The Morgan fingerprint density at radius 1 is 0.559 bits per heavy atom. The predicted molar refractivity (Wildman–Crippen MR) is 120 cm³/mol. The van der Waals surface area contributed by atoms with Gasteiger partial charge in [-0.25, -0.2) is 0 Å². The minimum absolute atomic E-state index is 0.0939. The van der Waals surface area contributed by atoms with Gasteiger partial charge < -0.3 is 20.3 Å². The van der Waals surface area contributed by atoms with Crippen molar-refractivity contribution in [1.29, 1.82) is 0 Å². The van der Waals surface area contributed by atoms with E-state index in [-0.39, 0.29) is 22.6 Å². The first-order valence-electron chi connectivity index (χ1n) is 9.92. The third kappa shape index (κ3) is 4.15. The van der Waals surface area contributed by atoms with E-state index in [0.29, 0.717) is 22.3 Å². The molecule has 4 amide bonds. The Morgan fingerprint density at radius 3 is 1.32 bits per heavy atom. The van der Waals surface area contributed by atoms with E-state index in [0.717, 1.165) is 0 Å². The number of carbonyl (C=O) groups is 4. The molecule has 170 valence electrons. The average molecular weight is 458 g/mol. The van der Waals surface area contributed by atoms with Crippen LogP contribution in [-0.4, -0.2) is 23.6 Å². The van der Waals surface area contributed by atoms with Crippen molar-refractivity contribution < 1.29 is 28.0 Å². The highest BCUT2D eigenvalue weighted by atomic mass is 16.3. The average Bonchev–Trinajstić information content (AvgIpc) is 3.52. The Bertz CT molecular complexity index is 1310. The first-order valence-corrected chi connectivity index (χ1v) is 9.92. The maximum atomic E-state index is 12.9. The molecule has 0 radical (unpaired) electrons. The minimum Gasteiger partial charge on any atom is -0.459 e. The van der Waals surface area contributed by atoms with Crippen LogP contribution in [0.4, 0.5) is 0 Å². The topological polar surface area (TPSA) is 171 Å². The highest BCUT2D eigenvalue weighted by molar-refractivity contribution is 6.07. The van der Waals surface area contributed by atoms with Crippen molar-refractivity contribution in [3.63, 3.8) is 0 Å². The smallest absolute Gasteiger partial charge is 0.285 e. The quantitative estimate of drug-likeness (QED) is 0.323. The monoisotopic (exact) mass is 458 g/mol. The van der Waals surface area contributed by atoms with E-state index in [4.69, 9.17) is 20.3 Å². The van der Waals surface area contributed by atoms with Crippen LogP contribution in [0.5, 0.6) is 0 Å². The second-order valence-corrected chi connectivity index (χ2v) is 7.05. The third-order valence-corrected chi connectivity index (χ3v) is 4.99. The Balaban J connectivity index is 1.58.